The molecule has 19 heavy (non-hydrogen) atoms. The second-order valence-corrected chi connectivity index (χ2v) is 5.13. The molecule has 2 N–H and O–H groups in total. The molecule has 3 rings (SSSR count). The topological polar surface area (TPSA) is 66.2 Å². The number of para-hydroxylation sites is 1. The first-order chi connectivity index (χ1) is 9.22. The van der Waals surface area contributed by atoms with E-state index in [4.69, 9.17) is 9.52 Å². The van der Waals surface area contributed by atoms with Gasteiger partial charge < -0.3 is 14.5 Å². The van der Waals surface area contributed by atoms with Crippen molar-refractivity contribution in [2.75, 3.05) is 0 Å². The summed E-state index contributed by atoms with van der Waals surface area (Å²) in [6.07, 6.45) is 1.27. The molecule has 0 fully saturated rings. The highest BCUT2D eigenvalue weighted by molar-refractivity contribution is 7.98. The zero-order valence-corrected chi connectivity index (χ0v) is 10.7. The number of carboxylic acids is 1. The predicted octanol–water partition coefficient (Wildman–Crippen LogP) is 3.75. The van der Waals surface area contributed by atoms with E-state index in [9.17, 15) is 4.79 Å². The third-order valence-electron chi connectivity index (χ3n) is 2.78. The van der Waals surface area contributed by atoms with Crippen LogP contribution in [0.5, 0.6) is 0 Å². The van der Waals surface area contributed by atoms with E-state index in [-0.39, 0.29) is 5.56 Å². The first-order valence-corrected chi connectivity index (χ1v) is 6.72. The van der Waals surface area contributed by atoms with Crippen molar-refractivity contribution in [3.8, 4) is 0 Å². The molecule has 0 saturated heterocycles. The second kappa shape index (κ2) is 4.85. The van der Waals surface area contributed by atoms with Gasteiger partial charge in [-0.25, -0.2) is 4.79 Å². The van der Waals surface area contributed by atoms with Crippen LogP contribution in [0, 0.1) is 0 Å². The minimum absolute atomic E-state index is 0.187. The van der Waals surface area contributed by atoms with Crippen molar-refractivity contribution in [2.24, 2.45) is 0 Å². The summed E-state index contributed by atoms with van der Waals surface area (Å²) in [6.45, 7) is 0. The molecule has 1 aromatic carbocycles. The maximum Gasteiger partial charge on any atom is 0.338 e. The number of hydrogen-bond acceptors (Lipinski definition) is 3. The van der Waals surface area contributed by atoms with Gasteiger partial charge in [-0.15, -0.1) is 11.8 Å². The molecule has 5 heteroatoms. The zero-order chi connectivity index (χ0) is 13.2. The molecule has 2 aromatic heterocycles. The average Bonchev–Trinajstić information content (AvgIpc) is 3.02. The van der Waals surface area contributed by atoms with E-state index in [0.717, 1.165) is 15.9 Å². The minimum Gasteiger partial charge on any atom is -0.478 e. The van der Waals surface area contributed by atoms with Gasteiger partial charge in [-0.05, 0) is 18.2 Å². The third-order valence-corrected chi connectivity index (χ3v) is 3.74. The van der Waals surface area contributed by atoms with Crippen LogP contribution < -0.4 is 0 Å². The molecule has 4 nitrogen and oxygen atoms in total. The van der Waals surface area contributed by atoms with Crippen LogP contribution in [0.15, 0.2) is 52.1 Å². The summed E-state index contributed by atoms with van der Waals surface area (Å²) in [5.41, 5.74) is 1.28. The van der Waals surface area contributed by atoms with Crippen molar-refractivity contribution in [1.29, 1.82) is 0 Å². The lowest BCUT2D eigenvalue weighted by Crippen LogP contribution is -1.91. The maximum atomic E-state index is 10.7. The van der Waals surface area contributed by atoms with Crippen LogP contribution in [-0.4, -0.2) is 16.1 Å². The lowest BCUT2D eigenvalue weighted by Gasteiger charge is -1.94. The summed E-state index contributed by atoms with van der Waals surface area (Å²) in [6, 6.07) is 11.7. The maximum absolute atomic E-state index is 10.7. The molecule has 96 valence electrons. The monoisotopic (exact) mass is 273 g/mol. The lowest BCUT2D eigenvalue weighted by atomic mass is 10.3. The van der Waals surface area contributed by atoms with Gasteiger partial charge in [0, 0.05) is 10.9 Å². The molecule has 3 aromatic rings. The summed E-state index contributed by atoms with van der Waals surface area (Å²) < 4.78 is 5.21. The Morgan fingerprint density at radius 1 is 1.32 bits per heavy atom. The quantitative estimate of drug-likeness (QED) is 0.710. The lowest BCUT2D eigenvalue weighted by molar-refractivity contribution is 0.0696. The van der Waals surface area contributed by atoms with Gasteiger partial charge in [-0.1, -0.05) is 18.2 Å². The van der Waals surface area contributed by atoms with Gasteiger partial charge in [0.25, 0.3) is 0 Å². The van der Waals surface area contributed by atoms with E-state index in [0.29, 0.717) is 11.5 Å². The molecule has 0 radical (unpaired) electrons. The molecule has 0 spiro atoms. The van der Waals surface area contributed by atoms with Crippen LogP contribution >= 0.6 is 11.8 Å². The van der Waals surface area contributed by atoms with Crippen molar-refractivity contribution in [1.82, 2.24) is 4.98 Å². The van der Waals surface area contributed by atoms with Gasteiger partial charge >= 0.3 is 5.97 Å². The summed E-state index contributed by atoms with van der Waals surface area (Å²) in [7, 11) is 0. The number of thioether (sulfide) groups is 1. The minimum atomic E-state index is -0.967. The standard InChI is InChI=1S/C14H11NO3S/c16-14(17)10-5-11(18-7-10)8-19-13-6-9-3-1-2-4-12(9)15-13/h1-7,15H,8H2,(H,16,17). The molecule has 0 unspecified atom stereocenters. The Bertz CT molecular complexity index is 696. The summed E-state index contributed by atoms with van der Waals surface area (Å²) in [5, 5.41) is 11.0. The molecule has 0 aliphatic heterocycles. The highest BCUT2D eigenvalue weighted by Crippen LogP contribution is 2.26. The van der Waals surface area contributed by atoms with Crippen LogP contribution in [0.4, 0.5) is 0 Å². The van der Waals surface area contributed by atoms with Gasteiger partial charge in [-0.2, -0.15) is 0 Å². The van der Waals surface area contributed by atoms with E-state index in [1.54, 1.807) is 17.8 Å². The van der Waals surface area contributed by atoms with Crippen LogP contribution in [-0.2, 0) is 5.75 Å². The second-order valence-electron chi connectivity index (χ2n) is 4.12. The Morgan fingerprint density at radius 2 is 2.16 bits per heavy atom. The number of rotatable bonds is 4. The van der Waals surface area contributed by atoms with Gasteiger partial charge in [0.15, 0.2) is 0 Å². The van der Waals surface area contributed by atoms with Crippen molar-refractivity contribution < 1.29 is 14.3 Å². The number of nitrogens with one attached hydrogen (secondary N) is 1. The van der Waals surface area contributed by atoms with Crippen molar-refractivity contribution in [2.45, 2.75) is 10.8 Å². The van der Waals surface area contributed by atoms with Gasteiger partial charge in [-0.3, -0.25) is 0 Å². The molecular formula is C14H11NO3S. The number of aromatic nitrogens is 1. The van der Waals surface area contributed by atoms with Crippen LogP contribution in [0.2, 0.25) is 0 Å². The van der Waals surface area contributed by atoms with Gasteiger partial charge in [0.05, 0.1) is 16.3 Å². The van der Waals surface area contributed by atoms with Crippen LogP contribution in [0.25, 0.3) is 10.9 Å². The Morgan fingerprint density at radius 3 is 2.89 bits per heavy atom. The molecule has 0 aliphatic carbocycles. The number of aromatic carboxylic acids is 1. The van der Waals surface area contributed by atoms with Crippen LogP contribution in [0.1, 0.15) is 16.1 Å². The highest BCUT2D eigenvalue weighted by atomic mass is 32.2. The summed E-state index contributed by atoms with van der Waals surface area (Å²) in [4.78, 5) is 14.0. The fourth-order valence-electron chi connectivity index (χ4n) is 1.84. The van der Waals surface area contributed by atoms with Gasteiger partial charge in [0.2, 0.25) is 0 Å². The number of furan rings is 1. The fraction of sp³-hybridized carbons (Fsp3) is 0.0714. The molecule has 0 atom stereocenters. The van der Waals surface area contributed by atoms with Crippen molar-refractivity contribution in [3.63, 3.8) is 0 Å². The number of aromatic amines is 1. The Kier molecular flexibility index (Phi) is 3.05. The highest BCUT2D eigenvalue weighted by Gasteiger charge is 2.09. The number of H-pyrrole nitrogens is 1. The number of benzene rings is 1. The third kappa shape index (κ3) is 2.51. The largest absolute Gasteiger partial charge is 0.478 e. The molecule has 2 heterocycles. The van der Waals surface area contributed by atoms with E-state index in [1.807, 2.05) is 24.3 Å². The van der Waals surface area contributed by atoms with Crippen molar-refractivity contribution >= 4 is 28.6 Å². The molecule has 0 amide bonds. The summed E-state index contributed by atoms with van der Waals surface area (Å²) in [5.74, 6) is 0.284. The number of carboxylic acid groups (broad SMARTS) is 1. The summed E-state index contributed by atoms with van der Waals surface area (Å²) >= 11 is 1.58. The smallest absolute Gasteiger partial charge is 0.338 e. The Balaban J connectivity index is 1.72. The van der Waals surface area contributed by atoms with Crippen molar-refractivity contribution in [3.05, 3.63) is 54.0 Å². The molecule has 0 bridgehead atoms. The van der Waals surface area contributed by atoms with Gasteiger partial charge in [0.1, 0.15) is 12.0 Å². The number of carbonyl (C=O) groups is 1. The fourth-order valence-corrected chi connectivity index (χ4v) is 2.68. The van der Waals surface area contributed by atoms with E-state index in [2.05, 4.69) is 11.1 Å². The Hall–Kier alpha value is -2.14. The average molecular weight is 273 g/mol. The first kappa shape index (κ1) is 11.9. The molecule has 0 aliphatic rings. The zero-order valence-electron chi connectivity index (χ0n) is 9.92. The SMILES string of the molecule is O=C(O)c1coc(CSc2cc3ccccc3[nH]2)c1. The number of fused-ring (bicyclic) bond motifs is 1. The van der Waals surface area contributed by atoms with Crippen LogP contribution in [0.3, 0.4) is 0 Å². The molecule has 0 saturated carbocycles. The normalized spacial score (nSPS) is 10.9. The van der Waals surface area contributed by atoms with E-state index < -0.39 is 5.97 Å². The first-order valence-electron chi connectivity index (χ1n) is 5.73. The molecular weight excluding hydrogens is 262 g/mol. The number of hydrogen-bond donors (Lipinski definition) is 2. The Labute approximate surface area is 113 Å². The predicted molar refractivity (Wildman–Crippen MR) is 73.5 cm³/mol. The van der Waals surface area contributed by atoms with E-state index in [1.165, 1.54) is 6.26 Å². The van der Waals surface area contributed by atoms with E-state index >= 15 is 0 Å².